The molecule has 0 aliphatic rings. The van der Waals surface area contributed by atoms with Gasteiger partial charge in [-0.15, -0.1) is 0 Å². The number of hydrogen-bond donors (Lipinski definition) is 1. The maximum absolute atomic E-state index is 9.23. The lowest BCUT2D eigenvalue weighted by molar-refractivity contribution is 0.0482. The Kier molecular flexibility index (Phi) is 9.91. The molecule has 0 spiro atoms. The van der Waals surface area contributed by atoms with Crippen molar-refractivity contribution in [3.63, 3.8) is 0 Å². The van der Waals surface area contributed by atoms with Crippen LogP contribution in [0.4, 0.5) is 0 Å². The van der Waals surface area contributed by atoms with Gasteiger partial charge in [0.05, 0.1) is 12.2 Å². The summed E-state index contributed by atoms with van der Waals surface area (Å²) in [5.41, 5.74) is -0.476. The highest BCUT2D eigenvalue weighted by molar-refractivity contribution is 5.04. The monoisotopic (exact) mass is 268 g/mol. The first-order chi connectivity index (χ1) is 8.93. The van der Waals surface area contributed by atoms with Gasteiger partial charge in [0.15, 0.2) is 0 Å². The van der Waals surface area contributed by atoms with Gasteiger partial charge >= 0.3 is 0 Å². The maximum atomic E-state index is 9.23. The van der Waals surface area contributed by atoms with Crippen LogP contribution in [0.1, 0.15) is 73.1 Å². The van der Waals surface area contributed by atoms with E-state index in [1.165, 1.54) is 25.7 Å². The van der Waals surface area contributed by atoms with Gasteiger partial charge in [-0.2, -0.15) is 5.26 Å². The second kappa shape index (κ2) is 10.2. The highest BCUT2D eigenvalue weighted by Gasteiger charge is 2.24. The van der Waals surface area contributed by atoms with Crippen LogP contribution in [-0.2, 0) is 4.74 Å². The minimum Gasteiger partial charge on any atom is -0.378 e. The van der Waals surface area contributed by atoms with Crippen molar-refractivity contribution in [2.75, 3.05) is 6.61 Å². The average molecular weight is 268 g/mol. The smallest absolute Gasteiger partial charge is 0.106 e. The summed E-state index contributed by atoms with van der Waals surface area (Å²) in [5.74, 6) is 0. The Hall–Kier alpha value is -0.590. The van der Waals surface area contributed by atoms with E-state index in [0.717, 1.165) is 12.8 Å². The Morgan fingerprint density at radius 3 is 2.42 bits per heavy atom. The zero-order valence-electron chi connectivity index (χ0n) is 13.5. The molecule has 19 heavy (non-hydrogen) atoms. The van der Waals surface area contributed by atoms with Crippen LogP contribution in [0.2, 0.25) is 0 Å². The fraction of sp³-hybridized carbons (Fsp3) is 0.938. The van der Waals surface area contributed by atoms with Crippen molar-refractivity contribution in [1.82, 2.24) is 5.32 Å². The molecule has 112 valence electrons. The third-order valence-electron chi connectivity index (χ3n) is 3.32. The van der Waals surface area contributed by atoms with Gasteiger partial charge < -0.3 is 4.74 Å². The van der Waals surface area contributed by atoms with Crippen LogP contribution in [0.3, 0.4) is 0 Å². The number of ether oxygens (including phenoxy) is 1. The lowest BCUT2D eigenvalue weighted by Crippen LogP contribution is -2.45. The third kappa shape index (κ3) is 9.92. The summed E-state index contributed by atoms with van der Waals surface area (Å²) in [5, 5.41) is 12.5. The van der Waals surface area contributed by atoms with Crippen LogP contribution in [0.25, 0.3) is 0 Å². The van der Waals surface area contributed by atoms with Gasteiger partial charge in [0.2, 0.25) is 0 Å². The van der Waals surface area contributed by atoms with E-state index in [0.29, 0.717) is 18.8 Å². The molecule has 0 saturated heterocycles. The molecule has 0 heterocycles. The van der Waals surface area contributed by atoms with Crippen LogP contribution in [0.15, 0.2) is 0 Å². The predicted molar refractivity (Wildman–Crippen MR) is 81.1 cm³/mol. The largest absolute Gasteiger partial charge is 0.378 e. The maximum Gasteiger partial charge on any atom is 0.106 e. The predicted octanol–water partition coefficient (Wildman–Crippen LogP) is 4.03. The molecule has 0 amide bonds. The topological polar surface area (TPSA) is 45.0 Å². The molecule has 0 aromatic rings. The minimum atomic E-state index is -0.476. The normalized spacial score (nSPS) is 16.1. The van der Waals surface area contributed by atoms with E-state index in [2.05, 4.69) is 39.1 Å². The summed E-state index contributed by atoms with van der Waals surface area (Å²) in [6.07, 6.45) is 7.30. The molecule has 0 bridgehead atoms. The number of rotatable bonds is 11. The molecule has 0 aliphatic heterocycles. The fourth-order valence-corrected chi connectivity index (χ4v) is 2.20. The molecule has 0 aliphatic carbocycles. The van der Waals surface area contributed by atoms with Crippen LogP contribution < -0.4 is 5.32 Å². The van der Waals surface area contributed by atoms with Gasteiger partial charge in [0.25, 0.3) is 0 Å². The van der Waals surface area contributed by atoms with Crippen LogP contribution in [-0.4, -0.2) is 24.3 Å². The standard InChI is InChI=1S/C16H32N2O/c1-6-7-8-9-10-15(4)19-12-11-16(5,13-17)18-14(2)3/h14-15,18H,6-12H2,1-5H3. The van der Waals surface area contributed by atoms with E-state index < -0.39 is 5.54 Å². The molecular weight excluding hydrogens is 236 g/mol. The van der Waals surface area contributed by atoms with Crippen molar-refractivity contribution < 1.29 is 4.74 Å². The SMILES string of the molecule is CCCCCCC(C)OCCC(C)(C#N)NC(C)C. The Bertz CT molecular complexity index is 260. The summed E-state index contributed by atoms with van der Waals surface area (Å²) in [6.45, 7) is 11.1. The summed E-state index contributed by atoms with van der Waals surface area (Å²) in [7, 11) is 0. The van der Waals surface area contributed by atoms with Crippen LogP contribution in [0.5, 0.6) is 0 Å². The molecule has 1 N–H and O–H groups in total. The number of unbranched alkanes of at least 4 members (excludes halogenated alkanes) is 3. The average Bonchev–Trinajstić information content (AvgIpc) is 2.34. The molecule has 0 radical (unpaired) electrons. The van der Waals surface area contributed by atoms with E-state index >= 15 is 0 Å². The van der Waals surface area contributed by atoms with Crippen molar-refractivity contribution in [1.29, 1.82) is 5.26 Å². The first-order valence-corrected chi connectivity index (χ1v) is 7.74. The number of nitriles is 1. The van der Waals surface area contributed by atoms with E-state index in [4.69, 9.17) is 4.74 Å². The second-order valence-corrected chi connectivity index (χ2v) is 6.02. The van der Waals surface area contributed by atoms with Crippen molar-refractivity contribution in [3.05, 3.63) is 0 Å². The summed E-state index contributed by atoms with van der Waals surface area (Å²) < 4.78 is 5.81. The number of nitrogens with zero attached hydrogens (tertiary/aromatic N) is 1. The molecule has 2 atom stereocenters. The van der Waals surface area contributed by atoms with E-state index in [1.54, 1.807) is 0 Å². The van der Waals surface area contributed by atoms with E-state index in [1.807, 2.05) is 6.92 Å². The molecule has 0 rings (SSSR count). The second-order valence-electron chi connectivity index (χ2n) is 6.02. The molecule has 2 unspecified atom stereocenters. The Morgan fingerprint density at radius 1 is 1.21 bits per heavy atom. The van der Waals surface area contributed by atoms with Gasteiger partial charge in [0, 0.05) is 19.1 Å². The third-order valence-corrected chi connectivity index (χ3v) is 3.32. The van der Waals surface area contributed by atoms with Crippen molar-refractivity contribution in [2.24, 2.45) is 0 Å². The zero-order chi connectivity index (χ0) is 14.7. The Balaban J connectivity index is 3.78. The van der Waals surface area contributed by atoms with Gasteiger partial charge in [-0.1, -0.05) is 32.6 Å². The lowest BCUT2D eigenvalue weighted by Gasteiger charge is -2.26. The van der Waals surface area contributed by atoms with Crippen molar-refractivity contribution in [3.8, 4) is 6.07 Å². The van der Waals surface area contributed by atoms with Gasteiger partial charge in [-0.25, -0.2) is 0 Å². The highest BCUT2D eigenvalue weighted by atomic mass is 16.5. The molecular formula is C16H32N2O. The quantitative estimate of drug-likeness (QED) is 0.575. The summed E-state index contributed by atoms with van der Waals surface area (Å²) in [6, 6.07) is 2.67. The van der Waals surface area contributed by atoms with Gasteiger partial charge in [0.1, 0.15) is 5.54 Å². The summed E-state index contributed by atoms with van der Waals surface area (Å²) >= 11 is 0. The Morgan fingerprint density at radius 2 is 1.89 bits per heavy atom. The van der Waals surface area contributed by atoms with Crippen LogP contribution in [0, 0.1) is 11.3 Å². The number of nitrogens with one attached hydrogen (secondary N) is 1. The molecule has 0 saturated carbocycles. The minimum absolute atomic E-state index is 0.304. The first-order valence-electron chi connectivity index (χ1n) is 7.74. The van der Waals surface area contributed by atoms with Crippen LogP contribution >= 0.6 is 0 Å². The fourth-order valence-electron chi connectivity index (χ4n) is 2.20. The molecule has 0 aromatic heterocycles. The molecule has 3 nitrogen and oxygen atoms in total. The molecule has 0 fully saturated rings. The lowest BCUT2D eigenvalue weighted by atomic mass is 9.99. The van der Waals surface area contributed by atoms with Crippen molar-refractivity contribution >= 4 is 0 Å². The highest BCUT2D eigenvalue weighted by Crippen LogP contribution is 2.12. The van der Waals surface area contributed by atoms with Crippen molar-refractivity contribution in [2.45, 2.75) is 90.8 Å². The number of hydrogen-bond acceptors (Lipinski definition) is 3. The first kappa shape index (κ1) is 18.4. The molecule has 0 aromatic carbocycles. The van der Waals surface area contributed by atoms with Gasteiger partial charge in [-0.05, 0) is 34.1 Å². The summed E-state index contributed by atoms with van der Waals surface area (Å²) in [4.78, 5) is 0. The Labute approximate surface area is 119 Å². The molecule has 3 heteroatoms. The van der Waals surface area contributed by atoms with E-state index in [9.17, 15) is 5.26 Å². The zero-order valence-corrected chi connectivity index (χ0v) is 13.5. The van der Waals surface area contributed by atoms with Gasteiger partial charge in [-0.3, -0.25) is 5.32 Å². The van der Waals surface area contributed by atoms with E-state index in [-0.39, 0.29) is 0 Å².